The number of nitrogens with one attached hydrogen (secondary N) is 1. The Bertz CT molecular complexity index is 2410. The number of phosphoric ester groups is 1. The molecule has 5 aliphatic rings. The van der Waals surface area contributed by atoms with Crippen LogP contribution in [0.4, 0.5) is 5.82 Å². The average molecular weight is 936 g/mol. The smallest absolute Gasteiger partial charge is 0.475 e. The van der Waals surface area contributed by atoms with E-state index in [0.29, 0.717) is 18.8 Å². The predicted octanol–water partition coefficient (Wildman–Crippen LogP) is -1.52. The zero-order valence-corrected chi connectivity index (χ0v) is 36.2. The number of nitrogens with two attached hydrogens (primary N) is 1. The molecule has 2 saturated heterocycles. The number of aliphatic hydroxyl groups is 6. The van der Waals surface area contributed by atoms with Crippen molar-refractivity contribution in [2.45, 2.75) is 138 Å². The van der Waals surface area contributed by atoms with Gasteiger partial charge in [0.1, 0.15) is 59.5 Å². The number of aromatic hydroxyl groups is 1. The number of amides is 1. The van der Waals surface area contributed by atoms with Crippen LogP contribution in [-0.2, 0) is 51.2 Å². The number of aryl methyl sites for hydroxylation is 1. The summed E-state index contributed by atoms with van der Waals surface area (Å²) in [4.78, 5) is 51.7. The van der Waals surface area contributed by atoms with Crippen LogP contribution >= 0.6 is 7.82 Å². The Morgan fingerprint density at radius 3 is 2.58 bits per heavy atom. The average Bonchev–Trinajstić information content (AvgIpc) is 3.91. The number of hydrogen-bond acceptors (Lipinski definition) is 19. The molecule has 3 aliphatic carbocycles. The second kappa shape index (κ2) is 17.3. The van der Waals surface area contributed by atoms with E-state index in [0.717, 1.165) is 53.6 Å². The van der Waals surface area contributed by atoms with Gasteiger partial charge in [-0.15, -0.1) is 5.10 Å². The van der Waals surface area contributed by atoms with Crippen molar-refractivity contribution in [3.8, 4) is 5.75 Å². The Morgan fingerprint density at radius 2 is 1.88 bits per heavy atom. The largest absolute Gasteiger partial charge is 0.508 e. The summed E-state index contributed by atoms with van der Waals surface area (Å²) in [6.07, 6.45) is -9.04. The molecule has 0 spiro atoms. The Morgan fingerprint density at radius 1 is 1.12 bits per heavy atom. The molecule has 24 nitrogen and oxygen atoms in total. The molecule has 356 valence electrons. The van der Waals surface area contributed by atoms with Crippen LogP contribution < -0.4 is 16.7 Å². The number of ether oxygens (including phenoxy) is 2. The number of nitrogens with zero attached hydrogens (tertiary/aromatic N) is 5. The number of phenols is 1. The fourth-order valence-electron chi connectivity index (χ4n) is 11.1. The van der Waals surface area contributed by atoms with Gasteiger partial charge >= 0.3 is 19.5 Å². The molecule has 2 saturated carbocycles. The van der Waals surface area contributed by atoms with E-state index in [1.54, 1.807) is 6.07 Å². The molecular weight excluding hydrogens is 881 g/mol. The van der Waals surface area contributed by atoms with Crippen LogP contribution in [0, 0.1) is 17.3 Å². The number of carboxylic acid groups (broad SMARTS) is 1. The first-order valence-electron chi connectivity index (χ1n) is 21.3. The van der Waals surface area contributed by atoms with Crippen molar-refractivity contribution in [2.24, 2.45) is 17.3 Å². The summed E-state index contributed by atoms with van der Waals surface area (Å²) in [5.41, 5.74) is 5.18. The van der Waals surface area contributed by atoms with Crippen molar-refractivity contribution in [1.82, 2.24) is 29.9 Å². The summed E-state index contributed by atoms with van der Waals surface area (Å²) in [7, 11) is -5.62. The van der Waals surface area contributed by atoms with Gasteiger partial charge in [0.2, 0.25) is 5.91 Å². The Hall–Kier alpha value is -4.43. The minimum Gasteiger partial charge on any atom is -0.508 e. The van der Waals surface area contributed by atoms with Crippen molar-refractivity contribution >= 4 is 25.5 Å². The number of fused-ring (bicyclic) bond motifs is 5. The molecule has 2 aliphatic heterocycles. The minimum atomic E-state index is -5.62. The first kappa shape index (κ1) is 47.1. The Kier molecular flexibility index (Phi) is 12.6. The number of phenolic OH excluding ortho intramolecular Hbond substituents is 1. The molecule has 25 heteroatoms. The fraction of sp³-hybridized carbons (Fsp3) is 0.650. The number of hydrogen-bond donors (Lipinski definition) is 11. The topological polar surface area (TPSA) is 374 Å². The third-order valence-electron chi connectivity index (χ3n) is 14.3. The van der Waals surface area contributed by atoms with Gasteiger partial charge in [0, 0.05) is 25.0 Å². The Balaban J connectivity index is 0.956. The number of benzene rings is 1. The SMILES string of the molecule is CC(=O)N[C@H]1[C@H]([C@H](O)[C@H](O)Cn2cc([C@]3(O)CC[C@H]4[C@@H]5CCc6cc(O)ccc6[C@H]5CC[C@@]43C)nn2)O[C@](OP(=O)(O)OC[C@H]2O[C@@H](n3ccc(N)nc3=O)[C@H](O)[C@@H]2O)(C(=O)O)C[C@@H]1O. The van der Waals surface area contributed by atoms with Crippen molar-refractivity contribution in [1.29, 1.82) is 0 Å². The van der Waals surface area contributed by atoms with Crippen molar-refractivity contribution < 1.29 is 78.4 Å². The zero-order valence-electron chi connectivity index (χ0n) is 35.3. The van der Waals surface area contributed by atoms with E-state index in [1.807, 2.05) is 12.1 Å². The highest BCUT2D eigenvalue weighted by atomic mass is 31.2. The van der Waals surface area contributed by atoms with Crippen molar-refractivity contribution in [3.63, 3.8) is 0 Å². The lowest BCUT2D eigenvalue weighted by Crippen LogP contribution is -2.67. The quantitative estimate of drug-likeness (QED) is 0.0867. The number of phosphoric acid groups is 1. The van der Waals surface area contributed by atoms with Gasteiger partial charge in [0.05, 0.1) is 31.5 Å². The highest BCUT2D eigenvalue weighted by Crippen LogP contribution is 2.67. The number of nitrogen functional groups attached to an aromatic ring is 1. The van der Waals surface area contributed by atoms with Crippen LogP contribution in [0.1, 0.15) is 81.3 Å². The summed E-state index contributed by atoms with van der Waals surface area (Å²) < 4.78 is 36.4. The maximum absolute atomic E-state index is 13.4. The van der Waals surface area contributed by atoms with E-state index < -0.39 is 117 Å². The highest BCUT2D eigenvalue weighted by molar-refractivity contribution is 7.47. The molecule has 1 aromatic carbocycles. The number of aliphatic hydroxyl groups excluding tert-OH is 5. The third kappa shape index (κ3) is 8.48. The van der Waals surface area contributed by atoms with Crippen molar-refractivity contribution in [2.75, 3.05) is 12.3 Å². The van der Waals surface area contributed by atoms with Crippen LogP contribution in [0.25, 0.3) is 0 Å². The standard InChI is InChI=1S/C40H54N7O17P/c1-18(48)42-30-25(50)14-40(36(55)56,64-65(59,60)61-17-27-32(53)33(54)35(62-27)47-12-9-29(41)43-37(47)57)63-34(30)31(52)26(51)15-46-16-28(44-45-46)39(58)11-8-24-23-5-3-19-13-20(49)4-6-21(19)22(23)7-10-38(24,39)2/h4,6,9,12-13,16,22-27,30-35,49-54,58H,3,5,7-8,10-11,14-15,17H2,1-2H3,(H,42,48)(H,55,56)(H,59,60)(H2,41,43,57)/t22-,23-,24+,25+,26-,27-,30-,31-,32-,33-,34-,35-,38+,39-,40-/m1/s1. The third-order valence-corrected chi connectivity index (χ3v) is 15.3. The molecule has 2 aromatic heterocycles. The predicted molar refractivity (Wildman–Crippen MR) is 218 cm³/mol. The maximum Gasteiger partial charge on any atom is 0.475 e. The van der Waals surface area contributed by atoms with Crippen LogP contribution in [0.5, 0.6) is 5.75 Å². The molecule has 3 aromatic rings. The first-order chi connectivity index (χ1) is 30.6. The number of rotatable bonds is 13. The number of aromatic nitrogens is 5. The van der Waals surface area contributed by atoms with Crippen LogP contribution in [-0.4, -0.2) is 143 Å². The minimum absolute atomic E-state index is 0.141. The molecule has 12 N–H and O–H groups in total. The van der Waals surface area contributed by atoms with Gasteiger partial charge in [-0.1, -0.05) is 18.2 Å². The number of carboxylic acids is 1. The van der Waals surface area contributed by atoms with Gasteiger partial charge in [0.15, 0.2) is 6.23 Å². The molecule has 0 bridgehead atoms. The molecular formula is C40H54N7O17P. The number of anilines is 1. The molecule has 65 heavy (non-hydrogen) atoms. The monoisotopic (exact) mass is 935 g/mol. The molecule has 1 unspecified atom stereocenters. The van der Waals surface area contributed by atoms with Gasteiger partial charge < -0.3 is 66.3 Å². The number of carbonyl (C=O) groups is 2. The van der Waals surface area contributed by atoms with Gasteiger partial charge in [-0.2, -0.15) is 4.98 Å². The van der Waals surface area contributed by atoms with Gasteiger partial charge in [-0.25, -0.2) is 23.4 Å². The molecule has 4 fully saturated rings. The van der Waals surface area contributed by atoms with E-state index in [-0.39, 0.29) is 29.1 Å². The summed E-state index contributed by atoms with van der Waals surface area (Å²) in [5, 5.41) is 98.9. The highest BCUT2D eigenvalue weighted by Gasteiger charge is 2.64. The molecule has 16 atom stereocenters. The van der Waals surface area contributed by atoms with E-state index in [1.165, 1.54) is 17.8 Å². The molecule has 4 heterocycles. The Labute approximate surface area is 370 Å². The molecule has 1 amide bonds. The second-order valence-electron chi connectivity index (χ2n) is 18.1. The summed E-state index contributed by atoms with van der Waals surface area (Å²) in [6.45, 7) is 1.55. The first-order valence-corrected chi connectivity index (χ1v) is 22.8. The van der Waals surface area contributed by atoms with Crippen LogP contribution in [0.3, 0.4) is 0 Å². The van der Waals surface area contributed by atoms with Gasteiger partial charge in [0.25, 0.3) is 5.79 Å². The second-order valence-corrected chi connectivity index (χ2v) is 19.5. The summed E-state index contributed by atoms with van der Waals surface area (Å²) in [6, 6.07) is 5.14. The van der Waals surface area contributed by atoms with Crippen LogP contribution in [0.15, 0.2) is 41.5 Å². The molecule has 8 rings (SSSR count). The fourth-order valence-corrected chi connectivity index (χ4v) is 12.0. The summed E-state index contributed by atoms with van der Waals surface area (Å²) in [5.74, 6) is -5.30. The summed E-state index contributed by atoms with van der Waals surface area (Å²) >= 11 is 0. The van der Waals surface area contributed by atoms with E-state index >= 15 is 0 Å². The van der Waals surface area contributed by atoms with Gasteiger partial charge in [-0.3, -0.25) is 13.9 Å². The maximum atomic E-state index is 13.4. The lowest BCUT2D eigenvalue weighted by Gasteiger charge is -2.52. The van der Waals surface area contributed by atoms with Crippen LogP contribution in [0.2, 0.25) is 0 Å². The van der Waals surface area contributed by atoms with E-state index in [4.69, 9.17) is 24.3 Å². The zero-order chi connectivity index (χ0) is 47.0. The van der Waals surface area contributed by atoms with Crippen molar-refractivity contribution in [3.05, 3.63) is 64.0 Å². The van der Waals surface area contributed by atoms with E-state index in [9.17, 15) is 64.7 Å². The normalized spacial score (nSPS) is 37.3. The number of carbonyl (C=O) groups excluding carboxylic acids is 1. The van der Waals surface area contributed by atoms with E-state index in [2.05, 4.69) is 27.5 Å². The lowest BCUT2D eigenvalue weighted by molar-refractivity contribution is -0.288. The van der Waals surface area contributed by atoms with Gasteiger partial charge in [-0.05, 0) is 85.6 Å². The molecule has 0 radical (unpaired) electrons. The number of aliphatic carboxylic acids is 1. The lowest BCUT2D eigenvalue weighted by atomic mass is 9.53.